The van der Waals surface area contributed by atoms with Crippen LogP contribution in [-0.2, 0) is 32.0 Å². The van der Waals surface area contributed by atoms with Crippen molar-refractivity contribution in [2.45, 2.75) is 18.9 Å². The van der Waals surface area contributed by atoms with Crippen LogP contribution in [0.3, 0.4) is 0 Å². The van der Waals surface area contributed by atoms with Crippen molar-refractivity contribution in [3.05, 3.63) is 96.1 Å². The van der Waals surface area contributed by atoms with Crippen molar-refractivity contribution in [1.29, 1.82) is 0 Å². The minimum atomic E-state index is -0.982. The van der Waals surface area contributed by atoms with E-state index in [2.05, 4.69) is 10.6 Å². The zero-order valence-electron chi connectivity index (χ0n) is 18.9. The van der Waals surface area contributed by atoms with Gasteiger partial charge in [-0.2, -0.15) is 0 Å². The van der Waals surface area contributed by atoms with Gasteiger partial charge in [-0.25, -0.2) is 4.79 Å². The molecule has 0 saturated carbocycles. The van der Waals surface area contributed by atoms with E-state index in [1.165, 1.54) is 7.11 Å². The number of fused-ring (bicyclic) bond motifs is 2. The van der Waals surface area contributed by atoms with E-state index in [1.54, 1.807) is 0 Å². The number of carbonyl (C=O) groups is 3. The number of hydrogen-bond donors (Lipinski definition) is 2. The van der Waals surface area contributed by atoms with Crippen molar-refractivity contribution in [2.24, 2.45) is 0 Å². The average Bonchev–Trinajstić information content (AvgIpc) is 2.86. The monoisotopic (exact) mass is 454 g/mol. The Hall–Kier alpha value is -4.19. The third-order valence-corrected chi connectivity index (χ3v) is 5.79. The minimum Gasteiger partial charge on any atom is -0.467 e. The number of nitrogens with one attached hydrogen (secondary N) is 2. The van der Waals surface area contributed by atoms with Crippen LogP contribution in [-0.4, -0.2) is 37.5 Å². The molecule has 1 atom stereocenters. The van der Waals surface area contributed by atoms with E-state index in [4.69, 9.17) is 4.74 Å². The Kier molecular flexibility index (Phi) is 7.18. The summed E-state index contributed by atoms with van der Waals surface area (Å²) in [6, 6.07) is 26.3. The summed E-state index contributed by atoms with van der Waals surface area (Å²) >= 11 is 0. The standard InChI is InChI=1S/C28H26N2O4/c1-34-28(33)25(30-27(32)17-22-13-7-11-20-9-3-5-15-24(20)22)18-29-26(31)16-21-12-6-10-19-8-2-4-14-23(19)21/h2-15,25H,16-18H2,1H3,(H,29,31)(H,30,32)/t25-/m0/s1. The number of ether oxygens (including phenoxy) is 1. The van der Waals surface area contributed by atoms with Crippen LogP contribution in [0.4, 0.5) is 0 Å². The molecule has 0 saturated heterocycles. The van der Waals surface area contributed by atoms with Gasteiger partial charge in [-0.05, 0) is 32.7 Å². The first-order valence-electron chi connectivity index (χ1n) is 11.1. The van der Waals surface area contributed by atoms with Gasteiger partial charge in [0.25, 0.3) is 0 Å². The fourth-order valence-electron chi connectivity index (χ4n) is 4.10. The van der Waals surface area contributed by atoms with Crippen molar-refractivity contribution in [1.82, 2.24) is 10.6 Å². The van der Waals surface area contributed by atoms with Gasteiger partial charge in [-0.3, -0.25) is 9.59 Å². The Balaban J connectivity index is 1.39. The van der Waals surface area contributed by atoms with Crippen molar-refractivity contribution in [3.63, 3.8) is 0 Å². The van der Waals surface area contributed by atoms with Crippen LogP contribution >= 0.6 is 0 Å². The van der Waals surface area contributed by atoms with E-state index >= 15 is 0 Å². The second-order valence-electron chi connectivity index (χ2n) is 8.08. The van der Waals surface area contributed by atoms with Gasteiger partial charge in [0.15, 0.2) is 0 Å². The zero-order valence-corrected chi connectivity index (χ0v) is 18.9. The Bertz CT molecular complexity index is 1340. The maximum Gasteiger partial charge on any atom is 0.330 e. The summed E-state index contributed by atoms with van der Waals surface area (Å²) in [6.45, 7) is -0.0580. The molecule has 0 aliphatic heterocycles. The quantitative estimate of drug-likeness (QED) is 0.399. The SMILES string of the molecule is COC(=O)[C@H](CNC(=O)Cc1cccc2ccccc12)NC(=O)Cc1cccc2ccccc12. The number of amides is 2. The lowest BCUT2D eigenvalue weighted by Crippen LogP contribution is -2.49. The summed E-state index contributed by atoms with van der Waals surface area (Å²) in [5.41, 5.74) is 1.75. The lowest BCUT2D eigenvalue weighted by atomic mass is 10.0. The number of hydrogen-bond acceptors (Lipinski definition) is 4. The molecular weight excluding hydrogens is 428 g/mol. The molecule has 0 bridgehead atoms. The first-order valence-corrected chi connectivity index (χ1v) is 11.1. The van der Waals surface area contributed by atoms with E-state index in [0.29, 0.717) is 0 Å². The Morgan fingerprint density at radius 3 is 1.76 bits per heavy atom. The van der Waals surface area contributed by atoms with Gasteiger partial charge in [-0.1, -0.05) is 84.9 Å². The topological polar surface area (TPSA) is 84.5 Å². The molecule has 0 radical (unpaired) electrons. The molecule has 4 aromatic rings. The van der Waals surface area contributed by atoms with Crippen molar-refractivity contribution in [2.75, 3.05) is 13.7 Å². The Morgan fingerprint density at radius 2 is 1.21 bits per heavy atom. The fraction of sp³-hybridized carbons (Fsp3) is 0.179. The number of carbonyl (C=O) groups excluding carboxylic acids is 3. The van der Waals surface area contributed by atoms with Crippen molar-refractivity contribution < 1.29 is 19.1 Å². The van der Waals surface area contributed by atoms with Crippen LogP contribution in [0.25, 0.3) is 21.5 Å². The van der Waals surface area contributed by atoms with Crippen LogP contribution < -0.4 is 10.6 Å². The second-order valence-corrected chi connectivity index (χ2v) is 8.08. The van der Waals surface area contributed by atoms with Gasteiger partial charge in [0.1, 0.15) is 6.04 Å². The molecular formula is C28H26N2O4. The lowest BCUT2D eigenvalue weighted by molar-refractivity contribution is -0.145. The van der Waals surface area contributed by atoms with Crippen molar-refractivity contribution >= 4 is 39.3 Å². The molecule has 172 valence electrons. The first-order chi connectivity index (χ1) is 16.5. The summed E-state index contributed by atoms with van der Waals surface area (Å²) in [5.74, 6) is -1.18. The van der Waals surface area contributed by atoms with Gasteiger partial charge < -0.3 is 15.4 Å². The maximum atomic E-state index is 12.7. The largest absolute Gasteiger partial charge is 0.467 e. The summed E-state index contributed by atoms with van der Waals surface area (Å²) in [4.78, 5) is 37.6. The van der Waals surface area contributed by atoms with Gasteiger partial charge in [0, 0.05) is 6.54 Å². The fourth-order valence-corrected chi connectivity index (χ4v) is 4.10. The molecule has 0 aliphatic carbocycles. The van der Waals surface area contributed by atoms with E-state index in [0.717, 1.165) is 32.7 Å². The maximum absolute atomic E-state index is 12.7. The second kappa shape index (κ2) is 10.6. The molecule has 0 spiro atoms. The first kappa shape index (κ1) is 23.0. The smallest absolute Gasteiger partial charge is 0.330 e. The highest BCUT2D eigenvalue weighted by atomic mass is 16.5. The summed E-state index contributed by atoms with van der Waals surface area (Å²) in [6.07, 6.45) is 0.276. The van der Waals surface area contributed by atoms with Gasteiger partial charge in [0.2, 0.25) is 11.8 Å². The number of methoxy groups -OCH3 is 1. The minimum absolute atomic E-state index is 0.0580. The molecule has 0 aromatic heterocycles. The summed E-state index contributed by atoms with van der Waals surface area (Å²) in [5, 5.41) is 9.55. The normalized spacial score (nSPS) is 11.7. The molecule has 0 aliphatic rings. The lowest BCUT2D eigenvalue weighted by Gasteiger charge is -2.18. The molecule has 0 unspecified atom stereocenters. The van der Waals surface area contributed by atoms with Crippen molar-refractivity contribution in [3.8, 4) is 0 Å². The highest BCUT2D eigenvalue weighted by Gasteiger charge is 2.23. The molecule has 6 heteroatoms. The third kappa shape index (κ3) is 5.41. The summed E-state index contributed by atoms with van der Waals surface area (Å²) in [7, 11) is 1.25. The van der Waals surface area contributed by atoms with Gasteiger partial charge >= 0.3 is 5.97 Å². The Labute approximate surface area is 197 Å². The highest BCUT2D eigenvalue weighted by molar-refractivity contribution is 5.93. The molecule has 34 heavy (non-hydrogen) atoms. The Morgan fingerprint density at radius 1 is 0.706 bits per heavy atom. The zero-order chi connectivity index (χ0) is 23.9. The van der Waals surface area contributed by atoms with E-state index in [9.17, 15) is 14.4 Å². The van der Waals surface area contributed by atoms with Gasteiger partial charge in [-0.15, -0.1) is 0 Å². The summed E-state index contributed by atoms with van der Waals surface area (Å²) < 4.78 is 4.84. The predicted octanol–water partition coefficient (Wildman–Crippen LogP) is 3.55. The van der Waals surface area contributed by atoms with Crippen LogP contribution in [0.5, 0.6) is 0 Å². The van der Waals surface area contributed by atoms with E-state index in [1.807, 2.05) is 84.9 Å². The molecule has 0 fully saturated rings. The number of esters is 1. The number of benzene rings is 4. The average molecular weight is 455 g/mol. The molecule has 0 heterocycles. The number of rotatable bonds is 8. The van der Waals surface area contributed by atoms with Crippen LogP contribution in [0.1, 0.15) is 11.1 Å². The van der Waals surface area contributed by atoms with Crippen LogP contribution in [0.15, 0.2) is 84.9 Å². The predicted molar refractivity (Wildman–Crippen MR) is 132 cm³/mol. The van der Waals surface area contributed by atoms with Crippen LogP contribution in [0, 0.1) is 0 Å². The molecule has 6 nitrogen and oxygen atoms in total. The third-order valence-electron chi connectivity index (χ3n) is 5.79. The highest BCUT2D eigenvalue weighted by Crippen LogP contribution is 2.20. The molecule has 2 N–H and O–H groups in total. The molecule has 4 rings (SSSR count). The molecule has 4 aromatic carbocycles. The van der Waals surface area contributed by atoms with Gasteiger partial charge in [0.05, 0.1) is 20.0 Å². The van der Waals surface area contributed by atoms with E-state index < -0.39 is 12.0 Å². The van der Waals surface area contributed by atoms with Crippen LogP contribution in [0.2, 0.25) is 0 Å². The van der Waals surface area contributed by atoms with E-state index in [-0.39, 0.29) is 31.2 Å². The molecule has 2 amide bonds.